The fraction of sp³-hybridized carbons (Fsp3) is 0.235. The first kappa shape index (κ1) is 15.4. The van der Waals surface area contributed by atoms with Crippen LogP contribution in [0.25, 0.3) is 0 Å². The van der Waals surface area contributed by atoms with E-state index in [9.17, 15) is 4.79 Å². The second-order valence-electron chi connectivity index (χ2n) is 5.00. The van der Waals surface area contributed by atoms with E-state index in [-0.39, 0.29) is 5.91 Å². The molecule has 0 aliphatic heterocycles. The number of carbonyl (C=O) groups excluding carboxylic acids is 1. The first-order valence-corrected chi connectivity index (χ1v) is 7.29. The number of rotatable bonds is 5. The molecule has 0 atom stereocenters. The van der Waals surface area contributed by atoms with Crippen molar-refractivity contribution in [3.05, 3.63) is 58.6 Å². The quantitative estimate of drug-likeness (QED) is 0.859. The molecule has 0 fully saturated rings. The van der Waals surface area contributed by atoms with Gasteiger partial charge in [-0.1, -0.05) is 35.9 Å². The van der Waals surface area contributed by atoms with Crippen molar-refractivity contribution in [3.63, 3.8) is 0 Å². The highest BCUT2D eigenvalue weighted by atomic mass is 35.5. The van der Waals surface area contributed by atoms with Gasteiger partial charge in [-0.25, -0.2) is 0 Å². The van der Waals surface area contributed by atoms with Crippen LogP contribution in [0.15, 0.2) is 42.5 Å². The van der Waals surface area contributed by atoms with Gasteiger partial charge in [0.05, 0.1) is 0 Å². The SMILES string of the molecule is Cc1cccc(C)c1NC(=O)CCNc1cccc(Cl)c1. The number of hydrogen-bond acceptors (Lipinski definition) is 2. The van der Waals surface area contributed by atoms with Crippen molar-refractivity contribution >= 4 is 28.9 Å². The summed E-state index contributed by atoms with van der Waals surface area (Å²) in [6, 6.07) is 13.4. The summed E-state index contributed by atoms with van der Waals surface area (Å²) in [5.74, 6) is 0.00179. The van der Waals surface area contributed by atoms with Gasteiger partial charge < -0.3 is 10.6 Å². The molecule has 0 heterocycles. The molecule has 3 nitrogen and oxygen atoms in total. The maximum absolute atomic E-state index is 12.0. The Balaban J connectivity index is 1.85. The van der Waals surface area contributed by atoms with E-state index in [2.05, 4.69) is 10.6 Å². The van der Waals surface area contributed by atoms with Crippen LogP contribution in [0, 0.1) is 13.8 Å². The summed E-state index contributed by atoms with van der Waals surface area (Å²) in [4.78, 5) is 12.0. The largest absolute Gasteiger partial charge is 0.384 e. The van der Waals surface area contributed by atoms with Gasteiger partial charge >= 0.3 is 0 Å². The molecular formula is C17H19ClN2O. The number of hydrogen-bond donors (Lipinski definition) is 2. The van der Waals surface area contributed by atoms with E-state index in [1.165, 1.54) is 0 Å². The van der Waals surface area contributed by atoms with E-state index < -0.39 is 0 Å². The molecule has 0 bridgehead atoms. The van der Waals surface area contributed by atoms with E-state index in [0.717, 1.165) is 22.5 Å². The highest BCUT2D eigenvalue weighted by Crippen LogP contribution is 2.19. The Bertz CT molecular complexity index is 620. The van der Waals surface area contributed by atoms with Crippen LogP contribution in [0.5, 0.6) is 0 Å². The number of nitrogens with one attached hydrogen (secondary N) is 2. The zero-order valence-electron chi connectivity index (χ0n) is 12.2. The average Bonchev–Trinajstić information content (AvgIpc) is 2.43. The second-order valence-corrected chi connectivity index (χ2v) is 5.44. The van der Waals surface area contributed by atoms with Gasteiger partial charge in [0, 0.05) is 29.4 Å². The van der Waals surface area contributed by atoms with Crippen LogP contribution in [0.2, 0.25) is 5.02 Å². The predicted molar refractivity (Wildman–Crippen MR) is 89.1 cm³/mol. The Morgan fingerprint density at radius 1 is 1.10 bits per heavy atom. The van der Waals surface area contributed by atoms with Crippen molar-refractivity contribution in [3.8, 4) is 0 Å². The van der Waals surface area contributed by atoms with Gasteiger partial charge in [0.2, 0.25) is 5.91 Å². The van der Waals surface area contributed by atoms with Crippen LogP contribution in [-0.4, -0.2) is 12.5 Å². The minimum absolute atomic E-state index is 0.00179. The fourth-order valence-electron chi connectivity index (χ4n) is 2.13. The molecule has 2 N–H and O–H groups in total. The number of aryl methyl sites for hydroxylation is 2. The third kappa shape index (κ3) is 4.50. The molecule has 2 aromatic carbocycles. The Labute approximate surface area is 130 Å². The maximum Gasteiger partial charge on any atom is 0.226 e. The number of benzene rings is 2. The average molecular weight is 303 g/mol. The summed E-state index contributed by atoms with van der Waals surface area (Å²) >= 11 is 5.91. The Hall–Kier alpha value is -2.00. The summed E-state index contributed by atoms with van der Waals surface area (Å²) < 4.78 is 0. The first-order valence-electron chi connectivity index (χ1n) is 6.92. The number of para-hydroxylation sites is 1. The van der Waals surface area contributed by atoms with Crippen LogP contribution in [-0.2, 0) is 4.79 Å². The topological polar surface area (TPSA) is 41.1 Å². The molecule has 0 aliphatic carbocycles. The monoisotopic (exact) mass is 302 g/mol. The zero-order chi connectivity index (χ0) is 15.2. The third-order valence-corrected chi connectivity index (χ3v) is 3.49. The summed E-state index contributed by atoms with van der Waals surface area (Å²) in [5.41, 5.74) is 3.98. The predicted octanol–water partition coefficient (Wildman–Crippen LogP) is 4.40. The number of amides is 1. The lowest BCUT2D eigenvalue weighted by Crippen LogP contribution is -2.17. The second kappa shape index (κ2) is 7.14. The maximum atomic E-state index is 12.0. The molecular weight excluding hydrogens is 284 g/mol. The molecule has 21 heavy (non-hydrogen) atoms. The van der Waals surface area contributed by atoms with E-state index >= 15 is 0 Å². The van der Waals surface area contributed by atoms with E-state index in [0.29, 0.717) is 18.0 Å². The molecule has 0 unspecified atom stereocenters. The summed E-state index contributed by atoms with van der Waals surface area (Å²) in [7, 11) is 0. The molecule has 0 aliphatic rings. The number of carbonyl (C=O) groups is 1. The molecule has 110 valence electrons. The lowest BCUT2D eigenvalue weighted by Gasteiger charge is -2.12. The van der Waals surface area contributed by atoms with Crippen LogP contribution >= 0.6 is 11.6 Å². The number of halogens is 1. The van der Waals surface area contributed by atoms with Gasteiger partial charge in [0.1, 0.15) is 0 Å². The minimum Gasteiger partial charge on any atom is -0.384 e. The van der Waals surface area contributed by atoms with Crippen molar-refractivity contribution in [2.75, 3.05) is 17.2 Å². The normalized spacial score (nSPS) is 10.2. The van der Waals surface area contributed by atoms with E-state index in [4.69, 9.17) is 11.6 Å². The standard InChI is InChI=1S/C17H19ClN2O/c1-12-5-3-6-13(2)17(12)20-16(21)9-10-19-15-8-4-7-14(18)11-15/h3-8,11,19H,9-10H2,1-2H3,(H,20,21). The Morgan fingerprint density at radius 2 is 1.76 bits per heavy atom. The summed E-state index contributed by atoms with van der Waals surface area (Å²) in [6.07, 6.45) is 0.403. The molecule has 0 aromatic heterocycles. The van der Waals surface area contributed by atoms with Crippen LogP contribution in [0.3, 0.4) is 0 Å². The molecule has 2 rings (SSSR count). The summed E-state index contributed by atoms with van der Waals surface area (Å²) in [5, 5.41) is 6.84. The fourth-order valence-corrected chi connectivity index (χ4v) is 2.32. The van der Waals surface area contributed by atoms with Gasteiger partial charge in [-0.15, -0.1) is 0 Å². The van der Waals surface area contributed by atoms with Crippen LogP contribution in [0.4, 0.5) is 11.4 Å². The zero-order valence-corrected chi connectivity index (χ0v) is 13.0. The first-order chi connectivity index (χ1) is 10.1. The van der Waals surface area contributed by atoms with Crippen LogP contribution < -0.4 is 10.6 Å². The van der Waals surface area contributed by atoms with Crippen molar-refractivity contribution in [1.29, 1.82) is 0 Å². The Morgan fingerprint density at radius 3 is 2.43 bits per heavy atom. The van der Waals surface area contributed by atoms with Crippen molar-refractivity contribution in [2.24, 2.45) is 0 Å². The highest BCUT2D eigenvalue weighted by molar-refractivity contribution is 6.30. The van der Waals surface area contributed by atoms with E-state index in [1.807, 2.05) is 56.3 Å². The molecule has 0 spiro atoms. The molecule has 2 aromatic rings. The van der Waals surface area contributed by atoms with Gasteiger partial charge in [-0.05, 0) is 43.2 Å². The molecule has 0 saturated heterocycles. The summed E-state index contributed by atoms with van der Waals surface area (Å²) in [6.45, 7) is 4.55. The Kier molecular flexibility index (Phi) is 5.23. The smallest absolute Gasteiger partial charge is 0.226 e. The molecule has 0 saturated carbocycles. The lowest BCUT2D eigenvalue weighted by atomic mass is 10.1. The lowest BCUT2D eigenvalue weighted by molar-refractivity contribution is -0.115. The van der Waals surface area contributed by atoms with Gasteiger partial charge in [0.25, 0.3) is 0 Å². The third-order valence-electron chi connectivity index (χ3n) is 3.25. The highest BCUT2D eigenvalue weighted by Gasteiger charge is 2.06. The van der Waals surface area contributed by atoms with Crippen molar-refractivity contribution < 1.29 is 4.79 Å². The van der Waals surface area contributed by atoms with E-state index in [1.54, 1.807) is 0 Å². The van der Waals surface area contributed by atoms with Gasteiger partial charge in [-0.3, -0.25) is 4.79 Å². The van der Waals surface area contributed by atoms with Crippen molar-refractivity contribution in [2.45, 2.75) is 20.3 Å². The molecule has 1 amide bonds. The molecule has 0 radical (unpaired) electrons. The number of anilines is 2. The van der Waals surface area contributed by atoms with Gasteiger partial charge in [0.15, 0.2) is 0 Å². The van der Waals surface area contributed by atoms with Crippen molar-refractivity contribution in [1.82, 2.24) is 0 Å². The van der Waals surface area contributed by atoms with Gasteiger partial charge in [-0.2, -0.15) is 0 Å². The minimum atomic E-state index is 0.00179. The van der Waals surface area contributed by atoms with Crippen LogP contribution in [0.1, 0.15) is 17.5 Å². The molecule has 4 heteroatoms.